The topological polar surface area (TPSA) is 36.9 Å². The summed E-state index contributed by atoms with van der Waals surface area (Å²) in [5.74, 6) is 1.99. The van der Waals surface area contributed by atoms with Gasteiger partial charge >= 0.3 is 333 Å². The molecule has 1 aliphatic carbocycles. The molecule has 11 rings (SSSR count). The standard InChI is InChI=1S/C62H58N4O.Pt/c1-40-30-31-63-57(32-40)66-55-36-45(28-29-49(55)50-37-51-52(38-56(50)66)61(7,8)62(9,10)60(51,5)6)67-46-34-43(59(2,3)4)33-44(35-46)64-39-65(54-27-18-17-26-53(54)64)58-47(41-20-13-11-14-21-41)24-19-25-48(58)42-22-15-12-16-23-42;/h11-38H,1-10H3;/i11D,12D,13D,14D,15D,16D,20D,21D,22D,23D;. The third kappa shape index (κ3) is 6.75. The van der Waals surface area contributed by atoms with E-state index in [0.717, 1.165) is 50.0 Å². The van der Waals surface area contributed by atoms with Crippen LogP contribution >= 0.6 is 0 Å². The minimum absolute atomic E-state index is 0.0220. The first-order valence-corrected chi connectivity index (χ1v) is 24.1. The maximum absolute atomic E-state index is 9.18. The van der Waals surface area contributed by atoms with Crippen molar-refractivity contribution in [2.75, 3.05) is 0 Å². The van der Waals surface area contributed by atoms with Crippen molar-refractivity contribution in [1.29, 1.82) is 0 Å². The summed E-state index contributed by atoms with van der Waals surface area (Å²) in [5.41, 5.74) is 8.68. The zero-order valence-corrected chi connectivity index (χ0v) is 42.2. The number of benzene rings is 7. The fourth-order valence-corrected chi connectivity index (χ4v) is 11.4. The number of imidazole rings is 1. The van der Waals surface area contributed by atoms with Gasteiger partial charge in [0.15, 0.2) is 0 Å². The molecule has 0 unspecified atom stereocenters. The third-order valence-corrected chi connectivity index (χ3v) is 16.2. The molecule has 3 aromatic heterocycles. The van der Waals surface area contributed by atoms with Crippen molar-refractivity contribution in [2.24, 2.45) is 5.41 Å². The Kier molecular flexibility index (Phi) is 7.84. The van der Waals surface area contributed by atoms with E-state index < -0.39 is 60.4 Å². The average Bonchev–Trinajstić information content (AvgIpc) is 4.14. The molecule has 0 saturated carbocycles. The van der Waals surface area contributed by atoms with Gasteiger partial charge in [-0.1, -0.05) is 41.5 Å². The predicted molar refractivity (Wildman–Crippen MR) is 279 cm³/mol. The molecule has 6 heteroatoms. The number of pyridine rings is 1. The van der Waals surface area contributed by atoms with Crippen LogP contribution in [0.2, 0.25) is 0 Å². The monoisotopic (exact) mass is 1080 g/mol. The average molecular weight is 1080 g/mol. The molecule has 0 amide bonds. The van der Waals surface area contributed by atoms with Crippen LogP contribution < -0.4 is 4.74 Å². The number of rotatable bonds is 7. The van der Waals surface area contributed by atoms with Crippen molar-refractivity contribution in [2.45, 2.75) is 85.5 Å². The molecule has 3 heterocycles. The Morgan fingerprint density at radius 3 is 1.79 bits per heavy atom. The summed E-state index contributed by atoms with van der Waals surface area (Å²) in [6, 6.07) is 28.8. The third-order valence-electron chi connectivity index (χ3n) is 15.2. The Balaban J connectivity index is 1.15. The summed E-state index contributed by atoms with van der Waals surface area (Å²) < 4.78 is 102. The Morgan fingerprint density at radius 1 is 0.574 bits per heavy atom. The SMILES string of the molecule is [2H]c1c([2H])c([2H])c(-c2cccc(-c3c([2H])c([2H])c([2H])c([2H])c3[2H])c2-n2[c](=[Pt])n(-c3cc(Oc4ccc5c6cc7c(cc6n(-c6cc(C)ccn6)c5c4)C(C)(C)C(C)(C)C7(C)C)cc(C(C)(C)C)c3)c3ccccc32)c([2H])c1[2H]. The van der Waals surface area contributed by atoms with E-state index in [0.29, 0.717) is 20.8 Å². The normalized spacial score (nSPS) is 17.1. The van der Waals surface area contributed by atoms with E-state index in [1.54, 1.807) is 18.2 Å². The number of para-hydroxylation sites is 3. The van der Waals surface area contributed by atoms with Crippen LogP contribution in [0.5, 0.6) is 11.5 Å². The van der Waals surface area contributed by atoms with Crippen molar-refractivity contribution in [3.05, 3.63) is 196 Å². The van der Waals surface area contributed by atoms with E-state index in [-0.39, 0.29) is 49.6 Å². The molecular weight excluding hydrogens is 1010 g/mol. The Bertz CT molecular complexity index is 4170. The second-order valence-corrected chi connectivity index (χ2v) is 21.7. The van der Waals surface area contributed by atoms with Crippen molar-refractivity contribution in [3.8, 4) is 50.9 Å². The summed E-state index contributed by atoms with van der Waals surface area (Å²) in [6.45, 7) is 22.7. The molecule has 0 spiro atoms. The Labute approximate surface area is 425 Å². The van der Waals surface area contributed by atoms with E-state index in [1.165, 1.54) is 11.1 Å². The molecule has 0 saturated heterocycles. The molecule has 1 aliphatic rings. The molecule has 7 aromatic carbocycles. The molecule has 68 heavy (non-hydrogen) atoms. The van der Waals surface area contributed by atoms with Crippen LogP contribution in [-0.4, -0.2) is 18.7 Å². The fourth-order valence-electron chi connectivity index (χ4n) is 10.4. The van der Waals surface area contributed by atoms with E-state index in [4.69, 9.17) is 17.9 Å². The first kappa shape index (κ1) is 33.8. The van der Waals surface area contributed by atoms with Gasteiger partial charge in [0.2, 0.25) is 0 Å². The molecule has 0 aliphatic heterocycles. The van der Waals surface area contributed by atoms with Gasteiger partial charge in [0, 0.05) is 6.20 Å². The van der Waals surface area contributed by atoms with Crippen LogP contribution in [0.3, 0.4) is 0 Å². The summed E-state index contributed by atoms with van der Waals surface area (Å²) in [4.78, 5) is 4.94. The van der Waals surface area contributed by atoms with Crippen molar-refractivity contribution in [1.82, 2.24) is 18.7 Å². The van der Waals surface area contributed by atoms with Gasteiger partial charge in [0.25, 0.3) is 0 Å². The number of nitrogens with zero attached hydrogens (tertiary/aromatic N) is 4. The Morgan fingerprint density at radius 2 is 1.18 bits per heavy atom. The van der Waals surface area contributed by atoms with E-state index in [2.05, 4.69) is 140 Å². The number of aryl methyl sites for hydroxylation is 1. The second-order valence-electron chi connectivity index (χ2n) is 20.7. The van der Waals surface area contributed by atoms with E-state index in [1.807, 2.05) is 53.2 Å². The van der Waals surface area contributed by atoms with Gasteiger partial charge < -0.3 is 0 Å². The fraction of sp³-hybridized carbons (Fsp3) is 0.226. The minimum atomic E-state index is -0.557. The first-order valence-electron chi connectivity index (χ1n) is 28.0. The van der Waals surface area contributed by atoms with E-state index >= 15 is 0 Å². The molecule has 0 fully saturated rings. The van der Waals surface area contributed by atoms with Crippen molar-refractivity contribution in [3.63, 3.8) is 0 Å². The first-order chi connectivity index (χ1) is 36.6. The zero-order chi connectivity index (χ0) is 56.2. The number of ether oxygens (including phenoxy) is 1. The molecule has 10 aromatic rings. The summed E-state index contributed by atoms with van der Waals surface area (Å²) in [6.07, 6.45) is 1.85. The molecule has 0 radical (unpaired) electrons. The van der Waals surface area contributed by atoms with Crippen LogP contribution in [0.4, 0.5) is 0 Å². The molecule has 0 atom stereocenters. The van der Waals surface area contributed by atoms with Gasteiger partial charge in [-0.05, 0) is 45.9 Å². The van der Waals surface area contributed by atoms with Crippen LogP contribution in [0.1, 0.15) is 98.3 Å². The van der Waals surface area contributed by atoms with E-state index in [9.17, 15) is 5.48 Å². The Hall–Kier alpha value is -6.55. The quantitative estimate of drug-likeness (QED) is 0.159. The summed E-state index contributed by atoms with van der Waals surface area (Å²) in [5, 5.41) is 2.22. The summed E-state index contributed by atoms with van der Waals surface area (Å²) in [7, 11) is 0. The zero-order valence-electron chi connectivity index (χ0n) is 49.9. The molecule has 0 bridgehead atoms. The number of fused-ring (bicyclic) bond motifs is 5. The van der Waals surface area contributed by atoms with Gasteiger partial charge in [-0.2, -0.15) is 0 Å². The van der Waals surface area contributed by atoms with Gasteiger partial charge in [0.1, 0.15) is 0 Å². The molecule has 5 nitrogen and oxygen atoms in total. The number of hydrogen-bond donors (Lipinski definition) is 0. The van der Waals surface area contributed by atoms with Crippen molar-refractivity contribution >= 4 is 32.8 Å². The van der Waals surface area contributed by atoms with Gasteiger partial charge in [-0.25, -0.2) is 0 Å². The predicted octanol–water partition coefficient (Wildman–Crippen LogP) is 16.3. The summed E-state index contributed by atoms with van der Waals surface area (Å²) >= 11 is 2.21. The van der Waals surface area contributed by atoms with Crippen LogP contribution in [0.25, 0.3) is 72.3 Å². The molecule has 342 valence electrons. The van der Waals surface area contributed by atoms with Crippen LogP contribution in [0.15, 0.2) is 170 Å². The van der Waals surface area contributed by atoms with Crippen LogP contribution in [0, 0.1) is 16.1 Å². The van der Waals surface area contributed by atoms with Gasteiger partial charge in [0.05, 0.1) is 0 Å². The molecule has 0 N–H and O–H groups in total. The number of aromatic nitrogens is 4. The maximum atomic E-state index is 9.18. The second kappa shape index (κ2) is 15.8. The van der Waals surface area contributed by atoms with Gasteiger partial charge in [-0.15, -0.1) is 0 Å². The van der Waals surface area contributed by atoms with Crippen LogP contribution in [-0.2, 0) is 35.6 Å². The molecular formula is C62H58N4OPt. The van der Waals surface area contributed by atoms with Gasteiger partial charge in [-0.3, -0.25) is 0 Å². The number of hydrogen-bond acceptors (Lipinski definition) is 2. The van der Waals surface area contributed by atoms with Crippen molar-refractivity contribution < 1.29 is 37.8 Å².